The molecular formula is C11H13Br2NOS. The van der Waals surface area contributed by atoms with Gasteiger partial charge < -0.3 is 4.90 Å². The maximum absolute atomic E-state index is 12.3. The fraction of sp³-hybridized carbons (Fsp3) is 0.545. The second-order valence-electron chi connectivity index (χ2n) is 4.40. The fourth-order valence-electron chi connectivity index (χ4n) is 1.95. The van der Waals surface area contributed by atoms with E-state index in [9.17, 15) is 4.79 Å². The Balaban J connectivity index is 2.17. The number of carbonyl (C=O) groups excluding carboxylic acids is 1. The number of carbonyl (C=O) groups is 1. The Morgan fingerprint density at radius 3 is 2.38 bits per heavy atom. The highest BCUT2D eigenvalue weighted by Gasteiger charge is 2.31. The predicted molar refractivity (Wildman–Crippen MR) is 74.0 cm³/mol. The lowest BCUT2D eigenvalue weighted by Crippen LogP contribution is -2.28. The maximum Gasteiger partial charge on any atom is 0.255 e. The molecule has 16 heavy (non-hydrogen) atoms. The van der Waals surface area contributed by atoms with E-state index in [0.29, 0.717) is 11.8 Å². The van der Waals surface area contributed by atoms with Crippen molar-refractivity contribution < 1.29 is 4.79 Å². The molecule has 1 aliphatic rings. The van der Waals surface area contributed by atoms with Gasteiger partial charge in [0, 0.05) is 13.1 Å². The molecule has 5 heteroatoms. The van der Waals surface area contributed by atoms with Crippen molar-refractivity contribution in [2.75, 3.05) is 13.1 Å². The Hall–Kier alpha value is 0.130. The van der Waals surface area contributed by atoms with Crippen LogP contribution in [-0.2, 0) is 0 Å². The van der Waals surface area contributed by atoms with Crippen LogP contribution < -0.4 is 0 Å². The van der Waals surface area contributed by atoms with Crippen LogP contribution in [0.5, 0.6) is 0 Å². The Bertz CT molecular complexity index is 408. The molecule has 2 atom stereocenters. The molecule has 1 fully saturated rings. The molecule has 0 aliphatic carbocycles. The van der Waals surface area contributed by atoms with E-state index in [1.54, 1.807) is 11.3 Å². The molecular weight excluding hydrogens is 354 g/mol. The molecule has 0 N–H and O–H groups in total. The zero-order chi connectivity index (χ0) is 11.9. The fourth-order valence-corrected chi connectivity index (χ4v) is 4.73. The van der Waals surface area contributed by atoms with Crippen LogP contribution in [0.4, 0.5) is 0 Å². The summed E-state index contributed by atoms with van der Waals surface area (Å²) in [6.07, 6.45) is 0. The lowest BCUT2D eigenvalue weighted by Gasteiger charge is -2.15. The third kappa shape index (κ3) is 2.36. The van der Waals surface area contributed by atoms with Crippen LogP contribution in [0.3, 0.4) is 0 Å². The van der Waals surface area contributed by atoms with Crippen LogP contribution in [0.15, 0.2) is 13.6 Å². The van der Waals surface area contributed by atoms with Crippen LogP contribution in [0.2, 0.25) is 0 Å². The Labute approximate surface area is 116 Å². The van der Waals surface area contributed by atoms with Crippen molar-refractivity contribution in [2.45, 2.75) is 13.8 Å². The highest BCUT2D eigenvalue weighted by molar-refractivity contribution is 9.12. The van der Waals surface area contributed by atoms with E-state index in [0.717, 1.165) is 26.2 Å². The standard InChI is InChI=1S/C11H13Br2NOS/c1-6-4-14(5-7(6)2)11(15)8-3-9(12)16-10(8)13/h3,6-7H,4-5H2,1-2H3. The lowest BCUT2D eigenvalue weighted by molar-refractivity contribution is 0.0784. The van der Waals surface area contributed by atoms with Gasteiger partial charge in [0.15, 0.2) is 0 Å². The first-order valence-corrected chi connectivity index (χ1v) is 7.63. The van der Waals surface area contributed by atoms with E-state index in [1.165, 1.54) is 0 Å². The maximum atomic E-state index is 12.3. The Morgan fingerprint density at radius 2 is 1.94 bits per heavy atom. The average molecular weight is 367 g/mol. The largest absolute Gasteiger partial charge is 0.338 e. The monoisotopic (exact) mass is 365 g/mol. The van der Waals surface area contributed by atoms with Gasteiger partial charge in [-0.15, -0.1) is 11.3 Å². The van der Waals surface area contributed by atoms with E-state index in [1.807, 2.05) is 11.0 Å². The van der Waals surface area contributed by atoms with Crippen LogP contribution >= 0.6 is 43.2 Å². The van der Waals surface area contributed by atoms with Crippen LogP contribution in [-0.4, -0.2) is 23.9 Å². The summed E-state index contributed by atoms with van der Waals surface area (Å²) < 4.78 is 1.90. The van der Waals surface area contributed by atoms with Crippen molar-refractivity contribution in [1.29, 1.82) is 0 Å². The first-order chi connectivity index (χ1) is 7.49. The lowest BCUT2D eigenvalue weighted by atomic mass is 10.0. The molecule has 1 aliphatic heterocycles. The third-order valence-electron chi connectivity index (χ3n) is 3.16. The van der Waals surface area contributed by atoms with E-state index < -0.39 is 0 Å². The SMILES string of the molecule is CC1CN(C(=O)c2cc(Br)sc2Br)CC1C. The number of rotatable bonds is 1. The molecule has 0 spiro atoms. The molecule has 0 radical (unpaired) electrons. The number of likely N-dealkylation sites (tertiary alicyclic amines) is 1. The van der Waals surface area contributed by atoms with Gasteiger partial charge in [-0.3, -0.25) is 4.79 Å². The zero-order valence-corrected chi connectivity index (χ0v) is 13.2. The van der Waals surface area contributed by atoms with Gasteiger partial charge in [-0.25, -0.2) is 0 Å². The number of amides is 1. The molecule has 88 valence electrons. The molecule has 1 saturated heterocycles. The minimum Gasteiger partial charge on any atom is -0.338 e. The van der Waals surface area contributed by atoms with Crippen LogP contribution in [0.1, 0.15) is 24.2 Å². The van der Waals surface area contributed by atoms with Gasteiger partial charge in [0.1, 0.15) is 0 Å². The summed E-state index contributed by atoms with van der Waals surface area (Å²) in [6.45, 7) is 6.16. The highest BCUT2D eigenvalue weighted by atomic mass is 79.9. The van der Waals surface area contributed by atoms with E-state index in [4.69, 9.17) is 0 Å². The molecule has 1 aromatic rings. The number of thiophene rings is 1. The molecule has 1 aromatic heterocycles. The number of hydrogen-bond donors (Lipinski definition) is 0. The first-order valence-electron chi connectivity index (χ1n) is 5.23. The molecule has 2 nitrogen and oxygen atoms in total. The molecule has 2 heterocycles. The Morgan fingerprint density at radius 1 is 1.38 bits per heavy atom. The first kappa shape index (κ1) is 12.6. The number of nitrogens with zero attached hydrogens (tertiary/aromatic N) is 1. The zero-order valence-electron chi connectivity index (χ0n) is 9.17. The number of halogens is 2. The van der Waals surface area contributed by atoms with Crippen LogP contribution in [0, 0.1) is 11.8 Å². The van der Waals surface area contributed by atoms with Crippen LogP contribution in [0.25, 0.3) is 0 Å². The van der Waals surface area contributed by atoms with Gasteiger partial charge in [0.25, 0.3) is 5.91 Å². The minimum atomic E-state index is 0.144. The van der Waals surface area contributed by atoms with Gasteiger partial charge >= 0.3 is 0 Å². The third-order valence-corrected chi connectivity index (χ3v) is 5.50. The van der Waals surface area contributed by atoms with Crippen molar-refractivity contribution in [3.63, 3.8) is 0 Å². The van der Waals surface area contributed by atoms with E-state index >= 15 is 0 Å². The normalized spacial score (nSPS) is 25.1. The van der Waals surface area contributed by atoms with Crippen molar-refractivity contribution in [1.82, 2.24) is 4.90 Å². The van der Waals surface area contributed by atoms with Crippen molar-refractivity contribution >= 4 is 49.1 Å². The van der Waals surface area contributed by atoms with E-state index in [2.05, 4.69) is 45.7 Å². The quantitative estimate of drug-likeness (QED) is 0.735. The topological polar surface area (TPSA) is 20.3 Å². The smallest absolute Gasteiger partial charge is 0.255 e. The summed E-state index contributed by atoms with van der Waals surface area (Å²) in [4.78, 5) is 14.2. The summed E-state index contributed by atoms with van der Waals surface area (Å²) in [5.41, 5.74) is 0.776. The molecule has 1 amide bonds. The Kier molecular flexibility index (Phi) is 3.76. The van der Waals surface area contributed by atoms with Crippen molar-refractivity contribution in [3.8, 4) is 0 Å². The molecule has 2 rings (SSSR count). The summed E-state index contributed by atoms with van der Waals surface area (Å²) in [5.74, 6) is 1.35. The second-order valence-corrected chi connectivity index (χ2v) is 8.15. The average Bonchev–Trinajstić information content (AvgIpc) is 2.70. The van der Waals surface area contributed by atoms with Gasteiger partial charge in [-0.1, -0.05) is 13.8 Å². The second kappa shape index (κ2) is 4.78. The van der Waals surface area contributed by atoms with Crippen molar-refractivity contribution in [3.05, 3.63) is 19.2 Å². The highest BCUT2D eigenvalue weighted by Crippen LogP contribution is 2.34. The molecule has 0 aromatic carbocycles. The molecule has 2 unspecified atom stereocenters. The molecule has 0 bridgehead atoms. The van der Waals surface area contributed by atoms with Gasteiger partial charge in [0.2, 0.25) is 0 Å². The number of hydrogen-bond acceptors (Lipinski definition) is 2. The summed E-state index contributed by atoms with van der Waals surface area (Å²) in [7, 11) is 0. The van der Waals surface area contributed by atoms with Gasteiger partial charge in [-0.05, 0) is 49.8 Å². The van der Waals surface area contributed by atoms with Gasteiger partial charge in [0.05, 0.1) is 13.1 Å². The van der Waals surface area contributed by atoms with Gasteiger partial charge in [-0.2, -0.15) is 0 Å². The summed E-state index contributed by atoms with van der Waals surface area (Å²) in [5, 5.41) is 0. The summed E-state index contributed by atoms with van der Waals surface area (Å²) >= 11 is 8.38. The van der Waals surface area contributed by atoms with E-state index in [-0.39, 0.29) is 5.91 Å². The van der Waals surface area contributed by atoms with Crippen molar-refractivity contribution in [2.24, 2.45) is 11.8 Å². The molecule has 0 saturated carbocycles. The summed E-state index contributed by atoms with van der Waals surface area (Å²) in [6, 6.07) is 1.89. The minimum absolute atomic E-state index is 0.144. The predicted octanol–water partition coefficient (Wildman–Crippen LogP) is 4.00.